The van der Waals surface area contributed by atoms with Gasteiger partial charge in [0.2, 0.25) is 5.91 Å². The standard InChI is InChI=1S/C19H20BrN5OS2/c1-2-9-25-17(13-3-4-13)23-24-19(25)28-11-16(26)22-18-21-15(10-27-18)12-5-7-14(20)8-6-12/h5-8,10,13H,2-4,9,11H2,1H3,(H,21,22,26). The van der Waals surface area contributed by atoms with Gasteiger partial charge in [0, 0.05) is 27.9 Å². The molecule has 3 aromatic rings. The van der Waals surface area contributed by atoms with Crippen molar-refractivity contribution in [2.75, 3.05) is 11.1 Å². The molecule has 0 bridgehead atoms. The summed E-state index contributed by atoms with van der Waals surface area (Å²) in [4.78, 5) is 16.9. The first-order valence-corrected chi connectivity index (χ1v) is 11.9. The van der Waals surface area contributed by atoms with E-state index >= 15 is 0 Å². The molecule has 1 amide bonds. The third kappa shape index (κ3) is 4.64. The van der Waals surface area contributed by atoms with Crippen LogP contribution in [0.5, 0.6) is 0 Å². The summed E-state index contributed by atoms with van der Waals surface area (Å²) in [6.45, 7) is 3.04. The SMILES string of the molecule is CCCn1c(SCC(=O)Nc2nc(-c3ccc(Br)cc3)cs2)nnc1C1CC1. The van der Waals surface area contributed by atoms with Gasteiger partial charge in [0.15, 0.2) is 10.3 Å². The fraction of sp³-hybridized carbons (Fsp3) is 0.368. The van der Waals surface area contributed by atoms with Crippen LogP contribution in [0.4, 0.5) is 5.13 Å². The fourth-order valence-electron chi connectivity index (χ4n) is 2.85. The monoisotopic (exact) mass is 477 g/mol. The summed E-state index contributed by atoms with van der Waals surface area (Å²) in [6, 6.07) is 7.95. The zero-order valence-corrected chi connectivity index (χ0v) is 18.6. The molecule has 6 nitrogen and oxygen atoms in total. The minimum absolute atomic E-state index is 0.0827. The molecule has 0 unspecified atom stereocenters. The van der Waals surface area contributed by atoms with Crippen LogP contribution < -0.4 is 5.32 Å². The number of thiazole rings is 1. The summed E-state index contributed by atoms with van der Waals surface area (Å²) >= 11 is 6.29. The molecule has 0 aliphatic heterocycles. The second-order valence-corrected chi connectivity index (χ2v) is 9.36. The van der Waals surface area contributed by atoms with Gasteiger partial charge in [-0.1, -0.05) is 46.7 Å². The van der Waals surface area contributed by atoms with Crippen LogP contribution in [-0.4, -0.2) is 31.4 Å². The highest BCUT2D eigenvalue weighted by molar-refractivity contribution is 9.10. The van der Waals surface area contributed by atoms with Gasteiger partial charge in [-0.15, -0.1) is 21.5 Å². The Morgan fingerprint density at radius 1 is 1.32 bits per heavy atom. The minimum atomic E-state index is -0.0827. The molecular formula is C19H20BrN5OS2. The zero-order chi connectivity index (χ0) is 19.5. The van der Waals surface area contributed by atoms with E-state index in [1.54, 1.807) is 0 Å². The highest BCUT2D eigenvalue weighted by Gasteiger charge is 2.30. The van der Waals surface area contributed by atoms with Gasteiger partial charge >= 0.3 is 0 Å². The molecule has 2 aromatic heterocycles. The van der Waals surface area contributed by atoms with Crippen molar-refractivity contribution in [3.8, 4) is 11.3 Å². The van der Waals surface area contributed by atoms with Gasteiger partial charge in [0.25, 0.3) is 0 Å². The third-order valence-electron chi connectivity index (χ3n) is 4.36. The van der Waals surface area contributed by atoms with Crippen LogP contribution in [0.2, 0.25) is 0 Å². The van der Waals surface area contributed by atoms with Crippen molar-refractivity contribution in [3.63, 3.8) is 0 Å². The molecule has 0 spiro atoms. The lowest BCUT2D eigenvalue weighted by Gasteiger charge is -2.07. The number of thioether (sulfide) groups is 1. The van der Waals surface area contributed by atoms with Gasteiger partial charge in [0.05, 0.1) is 11.4 Å². The Bertz CT molecular complexity index is 965. The Kier molecular flexibility index (Phi) is 6.13. The lowest BCUT2D eigenvalue weighted by Crippen LogP contribution is -2.14. The van der Waals surface area contributed by atoms with E-state index in [0.29, 0.717) is 16.8 Å². The maximum Gasteiger partial charge on any atom is 0.236 e. The van der Waals surface area contributed by atoms with E-state index in [4.69, 9.17) is 0 Å². The number of carbonyl (C=O) groups is 1. The van der Waals surface area contributed by atoms with Crippen molar-refractivity contribution in [2.45, 2.75) is 43.8 Å². The molecule has 4 rings (SSSR count). The van der Waals surface area contributed by atoms with Crippen LogP contribution in [0.3, 0.4) is 0 Å². The molecule has 1 aromatic carbocycles. The highest BCUT2D eigenvalue weighted by atomic mass is 79.9. The molecule has 1 saturated carbocycles. The maximum atomic E-state index is 12.4. The van der Waals surface area contributed by atoms with Gasteiger partial charge in [0.1, 0.15) is 5.82 Å². The average molecular weight is 478 g/mol. The molecule has 1 N–H and O–H groups in total. The molecule has 1 fully saturated rings. The summed E-state index contributed by atoms with van der Waals surface area (Å²) in [7, 11) is 0. The highest BCUT2D eigenvalue weighted by Crippen LogP contribution is 2.40. The van der Waals surface area contributed by atoms with Gasteiger partial charge in [-0.05, 0) is 31.4 Å². The Morgan fingerprint density at radius 2 is 2.11 bits per heavy atom. The second kappa shape index (κ2) is 8.75. The van der Waals surface area contributed by atoms with Crippen LogP contribution in [0, 0.1) is 0 Å². The number of halogens is 1. The predicted octanol–water partition coefficient (Wildman–Crippen LogP) is 5.18. The number of anilines is 1. The van der Waals surface area contributed by atoms with Gasteiger partial charge in [-0.3, -0.25) is 4.79 Å². The number of benzene rings is 1. The van der Waals surface area contributed by atoms with Crippen LogP contribution >= 0.6 is 39.0 Å². The van der Waals surface area contributed by atoms with E-state index in [2.05, 4.69) is 47.9 Å². The largest absolute Gasteiger partial charge is 0.306 e. The topological polar surface area (TPSA) is 72.7 Å². The first-order chi connectivity index (χ1) is 13.6. The molecule has 0 atom stereocenters. The summed E-state index contributed by atoms with van der Waals surface area (Å²) in [5.74, 6) is 1.83. The summed E-state index contributed by atoms with van der Waals surface area (Å²) in [5, 5.41) is 14.9. The number of nitrogens with one attached hydrogen (secondary N) is 1. The number of aromatic nitrogens is 4. The lowest BCUT2D eigenvalue weighted by atomic mass is 10.2. The number of amides is 1. The molecule has 1 aliphatic carbocycles. The van der Waals surface area contributed by atoms with Crippen molar-refractivity contribution in [3.05, 3.63) is 39.9 Å². The molecular weight excluding hydrogens is 458 g/mol. The number of hydrogen-bond acceptors (Lipinski definition) is 6. The van der Waals surface area contributed by atoms with Crippen LogP contribution in [0.25, 0.3) is 11.3 Å². The number of hydrogen-bond donors (Lipinski definition) is 1. The van der Waals surface area contributed by atoms with E-state index in [1.807, 2.05) is 29.6 Å². The van der Waals surface area contributed by atoms with Crippen molar-refractivity contribution in [1.29, 1.82) is 0 Å². The van der Waals surface area contributed by atoms with E-state index in [9.17, 15) is 4.79 Å². The van der Waals surface area contributed by atoms with Crippen LogP contribution in [-0.2, 0) is 11.3 Å². The molecule has 146 valence electrons. The molecule has 28 heavy (non-hydrogen) atoms. The molecule has 0 saturated heterocycles. The van der Waals surface area contributed by atoms with Crippen molar-refractivity contribution in [1.82, 2.24) is 19.7 Å². The van der Waals surface area contributed by atoms with E-state index in [1.165, 1.54) is 35.9 Å². The van der Waals surface area contributed by atoms with E-state index < -0.39 is 0 Å². The maximum absolute atomic E-state index is 12.4. The van der Waals surface area contributed by atoms with E-state index in [0.717, 1.165) is 39.7 Å². The minimum Gasteiger partial charge on any atom is -0.306 e. The molecule has 0 radical (unpaired) electrons. The lowest BCUT2D eigenvalue weighted by molar-refractivity contribution is -0.113. The quantitative estimate of drug-likeness (QED) is 0.452. The van der Waals surface area contributed by atoms with E-state index in [-0.39, 0.29) is 5.91 Å². The molecule has 2 heterocycles. The summed E-state index contributed by atoms with van der Waals surface area (Å²) in [6.07, 6.45) is 3.41. The smallest absolute Gasteiger partial charge is 0.236 e. The van der Waals surface area contributed by atoms with Crippen LogP contribution in [0.1, 0.15) is 37.9 Å². The Balaban J connectivity index is 1.36. The second-order valence-electron chi connectivity index (χ2n) is 6.65. The molecule has 1 aliphatic rings. The summed E-state index contributed by atoms with van der Waals surface area (Å²) < 4.78 is 3.20. The van der Waals surface area contributed by atoms with Gasteiger partial charge in [-0.25, -0.2) is 4.98 Å². The number of nitrogens with zero attached hydrogens (tertiary/aromatic N) is 4. The van der Waals surface area contributed by atoms with Crippen molar-refractivity contribution < 1.29 is 4.79 Å². The predicted molar refractivity (Wildman–Crippen MR) is 117 cm³/mol. The normalized spacial score (nSPS) is 13.6. The van der Waals surface area contributed by atoms with Gasteiger partial charge < -0.3 is 9.88 Å². The van der Waals surface area contributed by atoms with Crippen LogP contribution in [0.15, 0.2) is 39.3 Å². The summed E-state index contributed by atoms with van der Waals surface area (Å²) in [5.41, 5.74) is 1.88. The Morgan fingerprint density at radius 3 is 2.82 bits per heavy atom. The zero-order valence-electron chi connectivity index (χ0n) is 15.4. The Labute approximate surface area is 180 Å². The third-order valence-corrected chi connectivity index (χ3v) is 6.61. The number of rotatable bonds is 8. The van der Waals surface area contributed by atoms with Crippen molar-refractivity contribution >= 4 is 50.1 Å². The average Bonchev–Trinajstić information content (AvgIpc) is 3.30. The first-order valence-electron chi connectivity index (χ1n) is 9.21. The first kappa shape index (κ1) is 19.6. The Hall–Kier alpha value is -1.71. The fourth-order valence-corrected chi connectivity index (χ4v) is 4.63. The van der Waals surface area contributed by atoms with Crippen molar-refractivity contribution in [2.24, 2.45) is 0 Å². The number of carbonyl (C=O) groups excluding carboxylic acids is 1. The van der Waals surface area contributed by atoms with Gasteiger partial charge in [-0.2, -0.15) is 0 Å². The molecule has 9 heteroatoms.